The summed E-state index contributed by atoms with van der Waals surface area (Å²) >= 11 is 0. The van der Waals surface area contributed by atoms with Gasteiger partial charge in [0, 0.05) is 11.5 Å². The highest BCUT2D eigenvalue weighted by Crippen LogP contribution is 2.61. The molecular weight excluding hydrogens is 446 g/mol. The fourth-order valence-electron chi connectivity index (χ4n) is 10.6. The molecule has 188 valence electrons. The van der Waals surface area contributed by atoms with Crippen molar-refractivity contribution in [2.24, 2.45) is 46.3 Å². The van der Waals surface area contributed by atoms with E-state index in [1.165, 1.54) is 38.5 Å². The molecule has 5 heteroatoms. The highest BCUT2D eigenvalue weighted by atomic mass is 16.2. The number of nitrogens with zero attached hydrogens (tertiary/aromatic N) is 1. The van der Waals surface area contributed by atoms with Crippen molar-refractivity contribution in [3.05, 3.63) is 30.3 Å². The quantitative estimate of drug-likeness (QED) is 0.518. The smallest absolute Gasteiger partial charge is 0.231 e. The number of pyridine rings is 1. The van der Waals surface area contributed by atoms with E-state index < -0.39 is 0 Å². The maximum atomic E-state index is 13.9. The zero-order chi connectivity index (χ0) is 24.1. The Labute approximate surface area is 213 Å². The number of rotatable bonds is 4. The first kappa shape index (κ1) is 21.6. The van der Waals surface area contributed by atoms with Crippen LogP contribution in [0.25, 0.3) is 10.9 Å². The van der Waals surface area contributed by atoms with Crippen molar-refractivity contribution >= 4 is 34.2 Å². The van der Waals surface area contributed by atoms with E-state index in [2.05, 4.69) is 10.6 Å². The summed E-state index contributed by atoms with van der Waals surface area (Å²) in [5.41, 5.74) is 1.19. The van der Waals surface area contributed by atoms with Crippen LogP contribution in [-0.4, -0.2) is 16.8 Å². The Balaban J connectivity index is 1.09. The molecule has 0 atom stereocenters. The molecule has 0 saturated heterocycles. The number of carbonyl (C=O) groups excluding carboxylic acids is 2. The van der Waals surface area contributed by atoms with E-state index in [9.17, 15) is 9.59 Å². The highest BCUT2D eigenvalue weighted by molar-refractivity contribution is 6.05. The van der Waals surface area contributed by atoms with Crippen molar-refractivity contribution in [3.63, 3.8) is 0 Å². The summed E-state index contributed by atoms with van der Waals surface area (Å²) in [7, 11) is 0. The van der Waals surface area contributed by atoms with Crippen LogP contribution in [0.3, 0.4) is 0 Å². The highest BCUT2D eigenvalue weighted by Gasteiger charge is 2.56. The summed E-state index contributed by atoms with van der Waals surface area (Å²) < 4.78 is 0. The van der Waals surface area contributed by atoms with Crippen LogP contribution in [0.4, 0.5) is 11.5 Å². The van der Waals surface area contributed by atoms with Crippen LogP contribution >= 0.6 is 0 Å². The molecule has 8 aliphatic carbocycles. The second-order valence-corrected chi connectivity index (χ2v) is 13.9. The van der Waals surface area contributed by atoms with Crippen molar-refractivity contribution in [2.75, 3.05) is 10.6 Å². The maximum absolute atomic E-state index is 13.9. The molecule has 1 heterocycles. The van der Waals surface area contributed by atoms with E-state index in [1.807, 2.05) is 30.3 Å². The molecule has 2 amide bonds. The Hall–Kier alpha value is -2.43. The Morgan fingerprint density at radius 2 is 1.11 bits per heavy atom. The Morgan fingerprint density at radius 3 is 1.61 bits per heavy atom. The van der Waals surface area contributed by atoms with Gasteiger partial charge in [-0.25, -0.2) is 4.98 Å². The standard InChI is InChI=1S/C31H37N3O2/c35-28(30-12-18-5-19(13-30)7-20(6-18)14-30)33-26-11-27(32-25-4-2-1-3-24(25)26)34-29(36)31-15-21-8-22(16-31)10-23(9-21)17-31/h1-4,11,18-23H,5-10,12-17H2,(H2,32,33,34,35,36). The molecule has 1 aromatic carbocycles. The lowest BCUT2D eigenvalue weighted by molar-refractivity contribution is -0.140. The normalized spacial score (nSPS) is 41.6. The maximum Gasteiger partial charge on any atom is 0.231 e. The number of para-hydroxylation sites is 1. The van der Waals surface area contributed by atoms with Gasteiger partial charge >= 0.3 is 0 Å². The first-order valence-corrected chi connectivity index (χ1v) is 14.5. The second-order valence-electron chi connectivity index (χ2n) is 13.9. The minimum absolute atomic E-state index is 0.155. The minimum atomic E-state index is -0.218. The predicted molar refractivity (Wildman–Crippen MR) is 140 cm³/mol. The van der Waals surface area contributed by atoms with E-state index >= 15 is 0 Å². The Morgan fingerprint density at radius 1 is 0.667 bits per heavy atom. The molecule has 0 spiro atoms. The first-order chi connectivity index (χ1) is 17.5. The minimum Gasteiger partial charge on any atom is -0.325 e. The second kappa shape index (κ2) is 7.55. The van der Waals surface area contributed by atoms with Gasteiger partial charge in [-0.15, -0.1) is 0 Å². The number of amides is 2. The van der Waals surface area contributed by atoms with Crippen LogP contribution in [0.2, 0.25) is 0 Å². The van der Waals surface area contributed by atoms with Gasteiger partial charge in [-0.05, 0) is 119 Å². The molecule has 0 radical (unpaired) electrons. The summed E-state index contributed by atoms with van der Waals surface area (Å²) in [6.45, 7) is 0. The number of nitrogens with one attached hydrogen (secondary N) is 2. The largest absolute Gasteiger partial charge is 0.325 e. The molecule has 8 fully saturated rings. The van der Waals surface area contributed by atoms with E-state index in [-0.39, 0.29) is 22.6 Å². The number of hydrogen-bond acceptors (Lipinski definition) is 3. The van der Waals surface area contributed by atoms with Gasteiger partial charge in [0.15, 0.2) is 0 Å². The molecule has 5 nitrogen and oxygen atoms in total. The number of anilines is 2. The number of hydrogen-bond donors (Lipinski definition) is 2. The molecule has 8 aliphatic rings. The van der Waals surface area contributed by atoms with Gasteiger partial charge in [-0.3, -0.25) is 9.59 Å². The average molecular weight is 484 g/mol. The van der Waals surface area contributed by atoms with Crippen molar-refractivity contribution < 1.29 is 9.59 Å². The van der Waals surface area contributed by atoms with Gasteiger partial charge in [0.05, 0.1) is 22.0 Å². The molecule has 1 aromatic heterocycles. The fraction of sp³-hybridized carbons (Fsp3) is 0.645. The van der Waals surface area contributed by atoms with Gasteiger partial charge in [0.1, 0.15) is 5.82 Å². The van der Waals surface area contributed by atoms with Gasteiger partial charge in [0.25, 0.3) is 0 Å². The van der Waals surface area contributed by atoms with Gasteiger partial charge in [-0.1, -0.05) is 18.2 Å². The monoisotopic (exact) mass is 483 g/mol. The third-order valence-corrected chi connectivity index (χ3v) is 11.2. The van der Waals surface area contributed by atoms with E-state index in [1.54, 1.807) is 0 Å². The average Bonchev–Trinajstić information content (AvgIpc) is 2.82. The molecule has 2 aromatic rings. The van der Waals surface area contributed by atoms with Crippen molar-refractivity contribution in [1.82, 2.24) is 4.98 Å². The van der Waals surface area contributed by atoms with E-state index in [0.29, 0.717) is 5.82 Å². The van der Waals surface area contributed by atoms with Gasteiger partial charge in [0.2, 0.25) is 11.8 Å². The van der Waals surface area contributed by atoms with Crippen molar-refractivity contribution in [2.45, 2.75) is 77.0 Å². The van der Waals surface area contributed by atoms with Gasteiger partial charge in [-0.2, -0.15) is 0 Å². The number of aromatic nitrogens is 1. The van der Waals surface area contributed by atoms with E-state index in [0.717, 1.165) is 90.6 Å². The van der Waals surface area contributed by atoms with Crippen LogP contribution in [0.5, 0.6) is 0 Å². The van der Waals surface area contributed by atoms with Crippen LogP contribution < -0.4 is 10.6 Å². The zero-order valence-corrected chi connectivity index (χ0v) is 21.1. The van der Waals surface area contributed by atoms with Crippen LogP contribution in [0.15, 0.2) is 30.3 Å². The molecule has 36 heavy (non-hydrogen) atoms. The first-order valence-electron chi connectivity index (χ1n) is 14.5. The van der Waals surface area contributed by atoms with Gasteiger partial charge < -0.3 is 10.6 Å². The van der Waals surface area contributed by atoms with E-state index in [4.69, 9.17) is 4.98 Å². The lowest BCUT2D eigenvalue weighted by Gasteiger charge is -2.55. The molecule has 0 unspecified atom stereocenters. The summed E-state index contributed by atoms with van der Waals surface area (Å²) in [5.74, 6) is 5.28. The Bertz CT molecular complexity index is 1200. The lowest BCUT2D eigenvalue weighted by Crippen LogP contribution is -2.52. The zero-order valence-electron chi connectivity index (χ0n) is 21.1. The van der Waals surface area contributed by atoms with Crippen LogP contribution in [0, 0.1) is 46.3 Å². The number of benzene rings is 1. The predicted octanol–water partition coefficient (Wildman–Crippen LogP) is 6.54. The summed E-state index contributed by atoms with van der Waals surface area (Å²) in [6.07, 6.45) is 14.2. The van der Waals surface area contributed by atoms with Crippen LogP contribution in [-0.2, 0) is 9.59 Å². The SMILES string of the molecule is O=C(Nc1cc(NC(=O)C23CC4CC(CC(C4)C2)C3)c2ccccc2n1)C12CC3CC(CC(C3)C1)C2. The Kier molecular flexibility index (Phi) is 4.54. The molecule has 0 aliphatic heterocycles. The summed E-state index contributed by atoms with van der Waals surface area (Å²) in [4.78, 5) is 32.4. The fourth-order valence-corrected chi connectivity index (χ4v) is 10.6. The summed E-state index contributed by atoms with van der Waals surface area (Å²) in [6, 6.07) is 9.90. The lowest BCUT2D eigenvalue weighted by atomic mass is 9.49. The molecular formula is C31H37N3O2. The third kappa shape index (κ3) is 3.30. The van der Waals surface area contributed by atoms with Crippen LogP contribution in [0.1, 0.15) is 77.0 Å². The molecule has 8 saturated carbocycles. The summed E-state index contributed by atoms with van der Waals surface area (Å²) in [5, 5.41) is 7.55. The molecule has 10 rings (SSSR count). The number of fused-ring (bicyclic) bond motifs is 1. The van der Waals surface area contributed by atoms with Crippen molar-refractivity contribution in [3.8, 4) is 0 Å². The number of carbonyl (C=O) groups is 2. The topological polar surface area (TPSA) is 71.1 Å². The third-order valence-electron chi connectivity index (χ3n) is 11.2. The molecule has 2 N–H and O–H groups in total. The molecule has 8 bridgehead atoms. The van der Waals surface area contributed by atoms with Crippen molar-refractivity contribution in [1.29, 1.82) is 0 Å².